The van der Waals surface area contributed by atoms with Crippen LogP contribution in [0.3, 0.4) is 0 Å². The Kier molecular flexibility index (Phi) is 5.84. The van der Waals surface area contributed by atoms with E-state index in [1.54, 1.807) is 0 Å². The van der Waals surface area contributed by atoms with Gasteiger partial charge in [0.2, 0.25) is 6.29 Å². The van der Waals surface area contributed by atoms with Crippen LogP contribution in [0.2, 0.25) is 0 Å². The highest BCUT2D eigenvalue weighted by Gasteiger charge is 2.26. The van der Waals surface area contributed by atoms with Gasteiger partial charge in [-0.3, -0.25) is 4.57 Å². The van der Waals surface area contributed by atoms with Crippen LogP contribution < -0.4 is 5.32 Å². The molecule has 226 valence electrons. The molecular weight excluding hydrogens is 589 g/mol. The molecule has 9 aromatic rings. The quantitative estimate of drug-likeness (QED) is 0.200. The second-order valence-corrected chi connectivity index (χ2v) is 12.2. The third-order valence-electron chi connectivity index (χ3n) is 9.43. The highest BCUT2D eigenvalue weighted by atomic mass is 15.3. The number of para-hydroxylation sites is 1. The molecule has 0 radical (unpaired) electrons. The van der Waals surface area contributed by atoms with Crippen LogP contribution in [0.4, 0.5) is 0 Å². The van der Waals surface area contributed by atoms with Gasteiger partial charge in [0, 0.05) is 27.3 Å². The first kappa shape index (κ1) is 26.7. The highest BCUT2D eigenvalue weighted by molar-refractivity contribution is 6.24. The molecule has 0 amide bonds. The summed E-state index contributed by atoms with van der Waals surface area (Å²) in [6.45, 7) is 0. The molecule has 7 aromatic carbocycles. The molecule has 1 N–H and O–H groups in total. The highest BCUT2D eigenvalue weighted by Crippen LogP contribution is 2.41. The maximum atomic E-state index is 5.31. The lowest BCUT2D eigenvalue weighted by Gasteiger charge is -2.24. The first-order chi connectivity index (χ1) is 23.8. The number of hydrogen-bond acceptors (Lipinski definition) is 4. The number of amidine groups is 2. The normalized spacial score (nSPS) is 13.8. The summed E-state index contributed by atoms with van der Waals surface area (Å²) < 4.78 is 4.33. The smallest absolute Gasteiger partial charge is 0.224 e. The van der Waals surface area contributed by atoms with Gasteiger partial charge in [0.25, 0.3) is 0 Å². The summed E-state index contributed by atoms with van der Waals surface area (Å²) in [5.74, 6) is 1.57. The third-order valence-corrected chi connectivity index (χ3v) is 9.43. The molecule has 0 spiro atoms. The predicted molar refractivity (Wildman–Crippen MR) is 197 cm³/mol. The maximum absolute atomic E-state index is 5.31. The monoisotopic (exact) mass is 616 g/mol. The number of hydrogen-bond donors (Lipinski definition) is 1. The molecule has 6 nitrogen and oxygen atoms in total. The van der Waals surface area contributed by atoms with E-state index in [9.17, 15) is 0 Å². The zero-order chi connectivity index (χ0) is 31.6. The molecule has 0 fully saturated rings. The zero-order valence-corrected chi connectivity index (χ0v) is 25.8. The lowest BCUT2D eigenvalue weighted by Crippen LogP contribution is -2.36. The molecule has 0 bridgehead atoms. The van der Waals surface area contributed by atoms with Gasteiger partial charge in [0.05, 0.1) is 28.4 Å². The Morgan fingerprint density at radius 1 is 0.479 bits per heavy atom. The summed E-state index contributed by atoms with van der Waals surface area (Å²) in [4.78, 5) is 10.6. The minimum absolute atomic E-state index is 0.550. The van der Waals surface area contributed by atoms with E-state index in [1.807, 2.05) is 65.5 Å². The van der Waals surface area contributed by atoms with Crippen LogP contribution >= 0.6 is 0 Å². The largest absolute Gasteiger partial charge is 0.324 e. The minimum Gasteiger partial charge on any atom is -0.324 e. The number of nitrogens with zero attached hydrogens (tertiary/aromatic N) is 5. The van der Waals surface area contributed by atoms with E-state index in [-0.39, 0.29) is 0 Å². The van der Waals surface area contributed by atoms with Crippen molar-refractivity contribution in [3.05, 3.63) is 169 Å². The number of rotatable bonds is 4. The van der Waals surface area contributed by atoms with Crippen LogP contribution in [-0.4, -0.2) is 26.0 Å². The minimum atomic E-state index is -0.550. The number of benzene rings is 7. The molecule has 0 saturated heterocycles. The van der Waals surface area contributed by atoms with Crippen molar-refractivity contribution in [1.29, 1.82) is 0 Å². The van der Waals surface area contributed by atoms with Crippen molar-refractivity contribution in [2.24, 2.45) is 9.98 Å². The SMILES string of the molecule is c1ccc(C2=NC(n3c4cc5c(ccc6ccccc65)cc4c4c5cnn(-c6ccccc6)c5ccc43)N=C(c3ccccc3)N2)cc1. The average Bonchev–Trinajstić information content (AvgIpc) is 3.74. The summed E-state index contributed by atoms with van der Waals surface area (Å²) in [5, 5.41) is 16.7. The average molecular weight is 617 g/mol. The molecule has 0 saturated carbocycles. The number of nitrogens with one attached hydrogen (secondary N) is 1. The third kappa shape index (κ3) is 4.09. The first-order valence-electron chi connectivity index (χ1n) is 16.1. The second kappa shape index (κ2) is 10.5. The molecule has 6 heteroatoms. The van der Waals surface area contributed by atoms with Gasteiger partial charge in [0.15, 0.2) is 0 Å². The Hall–Kier alpha value is -6.53. The van der Waals surface area contributed by atoms with E-state index in [2.05, 4.69) is 107 Å². The van der Waals surface area contributed by atoms with Gasteiger partial charge in [0.1, 0.15) is 11.7 Å². The van der Waals surface area contributed by atoms with E-state index in [0.717, 1.165) is 61.2 Å². The molecule has 3 heterocycles. The predicted octanol–water partition coefficient (Wildman–Crippen LogP) is 9.39. The van der Waals surface area contributed by atoms with Gasteiger partial charge in [-0.15, -0.1) is 0 Å². The van der Waals surface area contributed by atoms with Crippen molar-refractivity contribution in [3.8, 4) is 5.69 Å². The van der Waals surface area contributed by atoms with E-state index >= 15 is 0 Å². The molecule has 0 unspecified atom stereocenters. The molecule has 10 rings (SSSR count). The molecule has 2 aromatic heterocycles. The maximum Gasteiger partial charge on any atom is 0.224 e. The van der Waals surface area contributed by atoms with Gasteiger partial charge >= 0.3 is 0 Å². The summed E-state index contributed by atoms with van der Waals surface area (Å²) in [6, 6.07) is 53.0. The Labute approximate surface area is 275 Å². The molecular formula is C42H28N6. The summed E-state index contributed by atoms with van der Waals surface area (Å²) in [6.07, 6.45) is 1.45. The van der Waals surface area contributed by atoms with Crippen LogP contribution in [0.5, 0.6) is 0 Å². The standard InChI is InChI=1S/C42H28N6/c1-4-13-28(14-5-1)40-44-41(29-15-6-2-7-16-29)46-42(45-40)47-37-23-22-36-35(26-43-48(36)31-17-8-3-9-18-31)39(37)34-24-30-21-20-27-12-10-11-19-32(27)33(30)25-38(34)47/h1-26,42H,(H,44,45,46). The van der Waals surface area contributed by atoms with E-state index in [1.165, 1.54) is 21.5 Å². The van der Waals surface area contributed by atoms with Crippen LogP contribution in [0.25, 0.3) is 59.9 Å². The van der Waals surface area contributed by atoms with Gasteiger partial charge in [-0.2, -0.15) is 5.10 Å². The fourth-order valence-electron chi connectivity index (χ4n) is 7.21. The van der Waals surface area contributed by atoms with Crippen molar-refractivity contribution in [1.82, 2.24) is 19.7 Å². The number of fused-ring (bicyclic) bond motifs is 8. The molecule has 1 aliphatic rings. The van der Waals surface area contributed by atoms with E-state index in [0.29, 0.717) is 0 Å². The van der Waals surface area contributed by atoms with Crippen molar-refractivity contribution >= 4 is 65.9 Å². The molecule has 48 heavy (non-hydrogen) atoms. The first-order valence-corrected chi connectivity index (χ1v) is 16.1. The summed E-state index contributed by atoms with van der Waals surface area (Å²) >= 11 is 0. The van der Waals surface area contributed by atoms with Crippen molar-refractivity contribution in [2.75, 3.05) is 0 Å². The van der Waals surface area contributed by atoms with E-state index < -0.39 is 6.29 Å². The Bertz CT molecular complexity index is 2680. The lowest BCUT2D eigenvalue weighted by molar-refractivity contribution is 0.575. The fraction of sp³-hybridized carbons (Fsp3) is 0.0238. The fourth-order valence-corrected chi connectivity index (χ4v) is 7.21. The van der Waals surface area contributed by atoms with Crippen LogP contribution in [0, 0.1) is 0 Å². The zero-order valence-electron chi connectivity index (χ0n) is 25.8. The van der Waals surface area contributed by atoms with E-state index in [4.69, 9.17) is 15.1 Å². The van der Waals surface area contributed by atoms with Gasteiger partial charge < -0.3 is 5.32 Å². The lowest BCUT2D eigenvalue weighted by atomic mass is 9.99. The molecule has 0 aliphatic carbocycles. The van der Waals surface area contributed by atoms with Crippen molar-refractivity contribution in [2.45, 2.75) is 6.29 Å². The van der Waals surface area contributed by atoms with Crippen molar-refractivity contribution in [3.63, 3.8) is 0 Å². The Morgan fingerprint density at radius 2 is 1.10 bits per heavy atom. The second-order valence-electron chi connectivity index (χ2n) is 12.2. The van der Waals surface area contributed by atoms with Crippen LogP contribution in [0.1, 0.15) is 17.4 Å². The van der Waals surface area contributed by atoms with Gasteiger partial charge in [-0.25, -0.2) is 14.7 Å². The van der Waals surface area contributed by atoms with Gasteiger partial charge in [-0.05, 0) is 57.9 Å². The summed E-state index contributed by atoms with van der Waals surface area (Å²) in [5.41, 5.74) is 6.24. The molecule has 1 aliphatic heterocycles. The van der Waals surface area contributed by atoms with Crippen molar-refractivity contribution < 1.29 is 0 Å². The Morgan fingerprint density at radius 3 is 1.83 bits per heavy atom. The van der Waals surface area contributed by atoms with Crippen LogP contribution in [-0.2, 0) is 0 Å². The topological polar surface area (TPSA) is 59.5 Å². The van der Waals surface area contributed by atoms with Crippen LogP contribution in [0.15, 0.2) is 168 Å². The number of aromatic nitrogens is 3. The number of aliphatic imine (C=N–C) groups is 2. The van der Waals surface area contributed by atoms with Gasteiger partial charge in [-0.1, -0.05) is 115 Å². The molecule has 0 atom stereocenters. The Balaban J connectivity index is 1.31. The summed E-state index contributed by atoms with van der Waals surface area (Å²) in [7, 11) is 0.